The summed E-state index contributed by atoms with van der Waals surface area (Å²) in [6, 6.07) is 5.12. The standard InChI is InChI=1S/C21H28N4O4/c26-18-5-4-17(19(27)24-18)25-12-15-10-14(2-3-16(15)20(25)28)11-23-13-21(29)6-1-8-22-9-7-21/h2-3,10,17,22-23,29H,1,4-9,11-13H2,(H,24,26,27). The molecule has 3 aliphatic heterocycles. The topological polar surface area (TPSA) is 111 Å². The average Bonchev–Trinajstić information content (AvgIpc) is 2.85. The molecule has 0 aliphatic carbocycles. The van der Waals surface area contributed by atoms with Crippen molar-refractivity contribution >= 4 is 17.7 Å². The number of hydrogen-bond acceptors (Lipinski definition) is 6. The first-order valence-electron chi connectivity index (χ1n) is 10.4. The van der Waals surface area contributed by atoms with E-state index in [1.54, 1.807) is 4.90 Å². The number of nitrogens with one attached hydrogen (secondary N) is 3. The van der Waals surface area contributed by atoms with E-state index >= 15 is 0 Å². The fourth-order valence-corrected chi connectivity index (χ4v) is 4.47. The second-order valence-corrected chi connectivity index (χ2v) is 8.32. The summed E-state index contributed by atoms with van der Waals surface area (Å²) in [6.07, 6.45) is 3.11. The van der Waals surface area contributed by atoms with Crippen LogP contribution in [0.25, 0.3) is 0 Å². The molecule has 2 atom stereocenters. The number of carbonyl (C=O) groups excluding carboxylic acids is 3. The lowest BCUT2D eigenvalue weighted by molar-refractivity contribution is -0.136. The molecule has 8 heteroatoms. The summed E-state index contributed by atoms with van der Waals surface area (Å²) < 4.78 is 0. The van der Waals surface area contributed by atoms with Crippen LogP contribution in [0.4, 0.5) is 0 Å². The van der Waals surface area contributed by atoms with Crippen LogP contribution in [0.2, 0.25) is 0 Å². The van der Waals surface area contributed by atoms with E-state index in [9.17, 15) is 19.5 Å². The molecule has 4 rings (SSSR count). The van der Waals surface area contributed by atoms with Gasteiger partial charge < -0.3 is 20.6 Å². The first kappa shape index (κ1) is 20.0. The summed E-state index contributed by atoms with van der Waals surface area (Å²) in [5.74, 6) is -0.834. The van der Waals surface area contributed by atoms with Gasteiger partial charge in [0.05, 0.1) is 5.60 Å². The molecule has 0 bridgehead atoms. The Hall–Kier alpha value is -2.29. The van der Waals surface area contributed by atoms with Gasteiger partial charge in [-0.3, -0.25) is 19.7 Å². The van der Waals surface area contributed by atoms with E-state index in [0.29, 0.717) is 31.6 Å². The highest BCUT2D eigenvalue weighted by atomic mass is 16.3. The monoisotopic (exact) mass is 400 g/mol. The van der Waals surface area contributed by atoms with Crippen LogP contribution >= 0.6 is 0 Å². The first-order valence-corrected chi connectivity index (χ1v) is 10.4. The number of imide groups is 1. The predicted octanol–water partition coefficient (Wildman–Crippen LogP) is 0.0418. The highest BCUT2D eigenvalue weighted by Crippen LogP contribution is 2.28. The van der Waals surface area contributed by atoms with Crippen LogP contribution in [-0.2, 0) is 22.7 Å². The molecule has 29 heavy (non-hydrogen) atoms. The molecule has 0 aromatic heterocycles. The quantitative estimate of drug-likeness (QED) is 0.520. The fourth-order valence-electron chi connectivity index (χ4n) is 4.47. The van der Waals surface area contributed by atoms with Gasteiger partial charge in [0.25, 0.3) is 5.91 Å². The molecule has 3 aliphatic rings. The van der Waals surface area contributed by atoms with Crippen LogP contribution in [0.3, 0.4) is 0 Å². The zero-order valence-corrected chi connectivity index (χ0v) is 16.5. The minimum Gasteiger partial charge on any atom is -0.389 e. The molecule has 2 saturated heterocycles. The molecule has 4 N–H and O–H groups in total. The number of benzene rings is 1. The Balaban J connectivity index is 1.37. The highest BCUT2D eigenvalue weighted by molar-refractivity contribution is 6.05. The molecule has 0 radical (unpaired) electrons. The summed E-state index contributed by atoms with van der Waals surface area (Å²) in [5, 5.41) is 19.7. The van der Waals surface area contributed by atoms with Crippen molar-refractivity contribution in [3.05, 3.63) is 34.9 Å². The minimum absolute atomic E-state index is 0.158. The van der Waals surface area contributed by atoms with Gasteiger partial charge in [0.15, 0.2) is 0 Å². The molecule has 2 unspecified atom stereocenters. The smallest absolute Gasteiger partial charge is 0.255 e. The number of rotatable bonds is 5. The predicted molar refractivity (Wildman–Crippen MR) is 106 cm³/mol. The molecule has 8 nitrogen and oxygen atoms in total. The van der Waals surface area contributed by atoms with Gasteiger partial charge in [-0.2, -0.15) is 0 Å². The van der Waals surface area contributed by atoms with Crippen molar-refractivity contribution in [1.29, 1.82) is 0 Å². The maximum Gasteiger partial charge on any atom is 0.255 e. The third-order valence-corrected chi connectivity index (χ3v) is 6.13. The fraction of sp³-hybridized carbons (Fsp3) is 0.571. The molecular formula is C21H28N4O4. The number of nitrogens with zero attached hydrogens (tertiary/aromatic N) is 1. The second-order valence-electron chi connectivity index (χ2n) is 8.32. The van der Waals surface area contributed by atoms with E-state index < -0.39 is 17.6 Å². The van der Waals surface area contributed by atoms with E-state index in [1.165, 1.54) is 0 Å². The Kier molecular flexibility index (Phi) is 5.67. The summed E-state index contributed by atoms with van der Waals surface area (Å²) in [6.45, 7) is 3.30. The molecule has 2 fully saturated rings. The van der Waals surface area contributed by atoms with Crippen molar-refractivity contribution in [2.75, 3.05) is 19.6 Å². The van der Waals surface area contributed by atoms with Gasteiger partial charge in [-0.05, 0) is 56.0 Å². The maximum atomic E-state index is 12.7. The van der Waals surface area contributed by atoms with E-state index in [0.717, 1.165) is 43.5 Å². The van der Waals surface area contributed by atoms with Crippen LogP contribution in [0.15, 0.2) is 18.2 Å². The molecule has 3 amide bonds. The van der Waals surface area contributed by atoms with Crippen molar-refractivity contribution in [3.8, 4) is 0 Å². The normalized spacial score (nSPS) is 27.6. The molecule has 0 spiro atoms. The van der Waals surface area contributed by atoms with Gasteiger partial charge in [0, 0.05) is 31.6 Å². The van der Waals surface area contributed by atoms with Crippen LogP contribution in [0.1, 0.15) is 53.6 Å². The number of carbonyl (C=O) groups is 3. The summed E-state index contributed by atoms with van der Waals surface area (Å²) in [4.78, 5) is 37.8. The van der Waals surface area contributed by atoms with E-state index in [4.69, 9.17) is 0 Å². The van der Waals surface area contributed by atoms with Gasteiger partial charge >= 0.3 is 0 Å². The third kappa shape index (κ3) is 4.34. The molecule has 3 heterocycles. The lowest BCUT2D eigenvalue weighted by Gasteiger charge is -2.29. The molecule has 0 saturated carbocycles. The zero-order valence-electron chi connectivity index (χ0n) is 16.5. The summed E-state index contributed by atoms with van der Waals surface area (Å²) in [5.41, 5.74) is 1.87. The second kappa shape index (κ2) is 8.22. The third-order valence-electron chi connectivity index (χ3n) is 6.13. The van der Waals surface area contributed by atoms with Crippen LogP contribution in [0.5, 0.6) is 0 Å². The van der Waals surface area contributed by atoms with Crippen molar-refractivity contribution in [2.24, 2.45) is 0 Å². The number of amides is 3. The molecule has 156 valence electrons. The first-order chi connectivity index (χ1) is 14.0. The van der Waals surface area contributed by atoms with E-state index in [1.807, 2.05) is 18.2 Å². The Morgan fingerprint density at radius 1 is 1.21 bits per heavy atom. The van der Waals surface area contributed by atoms with Crippen molar-refractivity contribution in [3.63, 3.8) is 0 Å². The average molecular weight is 400 g/mol. The van der Waals surface area contributed by atoms with Crippen LogP contribution in [0, 0.1) is 0 Å². The van der Waals surface area contributed by atoms with Gasteiger partial charge in [-0.25, -0.2) is 0 Å². The van der Waals surface area contributed by atoms with E-state index in [-0.39, 0.29) is 18.2 Å². The lowest BCUT2D eigenvalue weighted by atomic mass is 9.95. The van der Waals surface area contributed by atoms with Gasteiger partial charge in [0.2, 0.25) is 11.8 Å². The highest BCUT2D eigenvalue weighted by Gasteiger charge is 2.39. The van der Waals surface area contributed by atoms with E-state index in [2.05, 4.69) is 16.0 Å². The lowest BCUT2D eigenvalue weighted by Crippen LogP contribution is -2.52. The van der Waals surface area contributed by atoms with Crippen molar-refractivity contribution in [2.45, 2.75) is 56.8 Å². The van der Waals surface area contributed by atoms with Gasteiger partial charge in [0.1, 0.15) is 6.04 Å². The molecule has 1 aromatic carbocycles. The summed E-state index contributed by atoms with van der Waals surface area (Å²) in [7, 11) is 0. The Morgan fingerprint density at radius 3 is 2.90 bits per heavy atom. The molecule has 1 aromatic rings. The minimum atomic E-state index is -0.682. The Labute approximate surface area is 170 Å². The van der Waals surface area contributed by atoms with Gasteiger partial charge in [-0.1, -0.05) is 12.1 Å². The Morgan fingerprint density at radius 2 is 2.07 bits per heavy atom. The number of hydrogen-bond donors (Lipinski definition) is 4. The molecular weight excluding hydrogens is 372 g/mol. The van der Waals surface area contributed by atoms with Crippen molar-refractivity contribution in [1.82, 2.24) is 20.9 Å². The Bertz CT molecular complexity index is 817. The maximum absolute atomic E-state index is 12.7. The van der Waals surface area contributed by atoms with Crippen LogP contribution < -0.4 is 16.0 Å². The number of fused-ring (bicyclic) bond motifs is 1. The number of aliphatic hydroxyl groups is 1. The summed E-state index contributed by atoms with van der Waals surface area (Å²) >= 11 is 0. The largest absolute Gasteiger partial charge is 0.389 e. The SMILES string of the molecule is O=C1CCC(N2Cc3cc(CNCC4(O)CCCNCC4)ccc3C2=O)C(=O)N1. The van der Waals surface area contributed by atoms with Gasteiger partial charge in [-0.15, -0.1) is 0 Å². The number of piperidine rings is 1. The van der Waals surface area contributed by atoms with Crippen molar-refractivity contribution < 1.29 is 19.5 Å². The van der Waals surface area contributed by atoms with Crippen LogP contribution in [-0.4, -0.2) is 59.0 Å². The zero-order chi connectivity index (χ0) is 20.4.